The summed E-state index contributed by atoms with van der Waals surface area (Å²) in [6, 6.07) is 8.11. The standard InChI is InChI=1S/C13H14N2O3/c16-12(17)8-9-4-3-7-15(9)13-14-10-5-1-2-6-11(10)18-13/h1-2,5-6,9H,3-4,7-8H2,(H,16,17). The minimum Gasteiger partial charge on any atom is -0.481 e. The summed E-state index contributed by atoms with van der Waals surface area (Å²) >= 11 is 0. The fourth-order valence-corrected chi connectivity index (χ4v) is 2.48. The molecule has 0 saturated carbocycles. The van der Waals surface area contributed by atoms with Crippen LogP contribution in [0.5, 0.6) is 0 Å². The Morgan fingerprint density at radius 3 is 3.11 bits per heavy atom. The van der Waals surface area contributed by atoms with Crippen molar-refractivity contribution >= 4 is 23.1 Å². The maximum absolute atomic E-state index is 10.8. The zero-order valence-corrected chi connectivity index (χ0v) is 9.87. The van der Waals surface area contributed by atoms with Gasteiger partial charge in [0, 0.05) is 12.6 Å². The molecular formula is C13H14N2O3. The molecule has 0 aliphatic carbocycles. The lowest BCUT2D eigenvalue weighted by Crippen LogP contribution is -2.31. The molecule has 1 N–H and O–H groups in total. The van der Waals surface area contributed by atoms with E-state index in [-0.39, 0.29) is 12.5 Å². The van der Waals surface area contributed by atoms with E-state index in [2.05, 4.69) is 4.98 Å². The highest BCUT2D eigenvalue weighted by atomic mass is 16.4. The van der Waals surface area contributed by atoms with E-state index in [1.54, 1.807) is 0 Å². The van der Waals surface area contributed by atoms with E-state index >= 15 is 0 Å². The largest absolute Gasteiger partial charge is 0.481 e. The predicted octanol–water partition coefficient (Wildman–Crippen LogP) is 2.27. The fraction of sp³-hybridized carbons (Fsp3) is 0.385. The van der Waals surface area contributed by atoms with Crippen molar-refractivity contribution < 1.29 is 14.3 Å². The van der Waals surface area contributed by atoms with Crippen molar-refractivity contribution in [3.63, 3.8) is 0 Å². The van der Waals surface area contributed by atoms with E-state index in [1.807, 2.05) is 29.2 Å². The number of aromatic nitrogens is 1. The second-order valence-electron chi connectivity index (χ2n) is 4.55. The van der Waals surface area contributed by atoms with Crippen LogP contribution in [0.2, 0.25) is 0 Å². The van der Waals surface area contributed by atoms with Crippen molar-refractivity contribution in [2.45, 2.75) is 25.3 Å². The number of hydrogen-bond acceptors (Lipinski definition) is 4. The van der Waals surface area contributed by atoms with Crippen LogP contribution in [0.3, 0.4) is 0 Å². The molecule has 1 aliphatic heterocycles. The molecule has 1 aromatic carbocycles. The van der Waals surface area contributed by atoms with Crippen molar-refractivity contribution in [2.75, 3.05) is 11.4 Å². The highest BCUT2D eigenvalue weighted by Gasteiger charge is 2.29. The predicted molar refractivity (Wildman–Crippen MR) is 66.6 cm³/mol. The second-order valence-corrected chi connectivity index (χ2v) is 4.55. The summed E-state index contributed by atoms with van der Waals surface area (Å²) < 4.78 is 5.69. The average molecular weight is 246 g/mol. The molecule has 1 atom stereocenters. The molecule has 94 valence electrons. The summed E-state index contributed by atoms with van der Waals surface area (Å²) in [4.78, 5) is 17.2. The van der Waals surface area contributed by atoms with Gasteiger partial charge in [0.05, 0.1) is 6.42 Å². The van der Waals surface area contributed by atoms with Gasteiger partial charge in [-0.15, -0.1) is 0 Å². The summed E-state index contributed by atoms with van der Waals surface area (Å²) in [7, 11) is 0. The summed E-state index contributed by atoms with van der Waals surface area (Å²) in [5.74, 6) is -0.775. The van der Waals surface area contributed by atoms with Crippen molar-refractivity contribution in [2.24, 2.45) is 0 Å². The normalized spacial score (nSPS) is 19.6. The number of aliphatic carboxylic acids is 1. The number of carboxylic acid groups (broad SMARTS) is 1. The molecule has 1 aliphatic rings. The maximum Gasteiger partial charge on any atom is 0.305 e. The zero-order valence-electron chi connectivity index (χ0n) is 9.87. The van der Waals surface area contributed by atoms with Crippen LogP contribution in [0.15, 0.2) is 28.7 Å². The Hall–Kier alpha value is -2.04. The zero-order chi connectivity index (χ0) is 12.5. The van der Waals surface area contributed by atoms with Crippen molar-refractivity contribution in [1.82, 2.24) is 4.98 Å². The first-order chi connectivity index (χ1) is 8.74. The van der Waals surface area contributed by atoms with Gasteiger partial charge in [-0.1, -0.05) is 12.1 Å². The average Bonchev–Trinajstić information content (AvgIpc) is 2.93. The number of anilines is 1. The lowest BCUT2D eigenvalue weighted by atomic mass is 10.1. The molecule has 2 aromatic rings. The third kappa shape index (κ3) is 1.92. The van der Waals surface area contributed by atoms with Crippen molar-refractivity contribution in [3.8, 4) is 0 Å². The third-order valence-corrected chi connectivity index (χ3v) is 3.32. The van der Waals surface area contributed by atoms with Gasteiger partial charge in [0.25, 0.3) is 6.01 Å². The molecule has 1 fully saturated rings. The van der Waals surface area contributed by atoms with Gasteiger partial charge in [-0.2, -0.15) is 4.98 Å². The molecule has 0 spiro atoms. The van der Waals surface area contributed by atoms with E-state index in [0.29, 0.717) is 6.01 Å². The topological polar surface area (TPSA) is 66.6 Å². The van der Waals surface area contributed by atoms with Crippen LogP contribution in [0.1, 0.15) is 19.3 Å². The molecule has 18 heavy (non-hydrogen) atoms. The monoisotopic (exact) mass is 246 g/mol. The number of fused-ring (bicyclic) bond motifs is 1. The minimum absolute atomic E-state index is 0.00411. The molecular weight excluding hydrogens is 232 g/mol. The lowest BCUT2D eigenvalue weighted by Gasteiger charge is -2.20. The third-order valence-electron chi connectivity index (χ3n) is 3.32. The molecule has 5 nitrogen and oxygen atoms in total. The highest BCUT2D eigenvalue weighted by Crippen LogP contribution is 2.29. The van der Waals surface area contributed by atoms with Gasteiger partial charge in [0.2, 0.25) is 0 Å². The van der Waals surface area contributed by atoms with E-state index < -0.39 is 5.97 Å². The van der Waals surface area contributed by atoms with E-state index in [4.69, 9.17) is 9.52 Å². The van der Waals surface area contributed by atoms with Crippen LogP contribution in [0.25, 0.3) is 11.1 Å². The van der Waals surface area contributed by atoms with Crippen molar-refractivity contribution in [3.05, 3.63) is 24.3 Å². The SMILES string of the molecule is O=C(O)CC1CCCN1c1nc2ccccc2o1. The van der Waals surface area contributed by atoms with Crippen LogP contribution in [-0.4, -0.2) is 28.6 Å². The van der Waals surface area contributed by atoms with Gasteiger partial charge in [0.1, 0.15) is 5.52 Å². The number of para-hydroxylation sites is 2. The Balaban J connectivity index is 1.90. The second kappa shape index (κ2) is 4.33. The smallest absolute Gasteiger partial charge is 0.305 e. The molecule has 0 bridgehead atoms. The number of oxazole rings is 1. The lowest BCUT2D eigenvalue weighted by molar-refractivity contribution is -0.137. The van der Waals surface area contributed by atoms with Gasteiger partial charge in [-0.25, -0.2) is 0 Å². The molecule has 3 rings (SSSR count). The maximum atomic E-state index is 10.8. The van der Waals surface area contributed by atoms with Crippen LogP contribution in [0, 0.1) is 0 Å². The Bertz CT molecular complexity index is 545. The molecule has 1 aromatic heterocycles. The fourth-order valence-electron chi connectivity index (χ4n) is 2.48. The Labute approximate surface area is 104 Å². The molecule has 0 radical (unpaired) electrons. The summed E-state index contributed by atoms with van der Waals surface area (Å²) in [5, 5.41) is 8.90. The molecule has 1 unspecified atom stereocenters. The molecule has 1 saturated heterocycles. The van der Waals surface area contributed by atoms with Gasteiger partial charge in [0.15, 0.2) is 5.58 Å². The van der Waals surface area contributed by atoms with E-state index in [9.17, 15) is 4.79 Å². The number of carboxylic acids is 1. The summed E-state index contributed by atoms with van der Waals surface area (Å²) in [6.07, 6.45) is 2.00. The molecule has 5 heteroatoms. The van der Waals surface area contributed by atoms with Gasteiger partial charge >= 0.3 is 5.97 Å². The summed E-state index contributed by atoms with van der Waals surface area (Å²) in [6.45, 7) is 0.810. The van der Waals surface area contributed by atoms with Gasteiger partial charge < -0.3 is 14.4 Å². The van der Waals surface area contributed by atoms with E-state index in [0.717, 1.165) is 30.5 Å². The summed E-state index contributed by atoms with van der Waals surface area (Å²) in [5.41, 5.74) is 1.56. The van der Waals surface area contributed by atoms with Crippen molar-refractivity contribution in [1.29, 1.82) is 0 Å². The number of nitrogens with zero attached hydrogens (tertiary/aromatic N) is 2. The van der Waals surface area contributed by atoms with Gasteiger partial charge in [-0.3, -0.25) is 4.79 Å². The Morgan fingerprint density at radius 1 is 1.50 bits per heavy atom. The Morgan fingerprint density at radius 2 is 2.33 bits per heavy atom. The highest BCUT2D eigenvalue weighted by molar-refractivity contribution is 5.74. The number of benzene rings is 1. The van der Waals surface area contributed by atoms with Crippen LogP contribution in [-0.2, 0) is 4.79 Å². The first kappa shape index (κ1) is 11.1. The number of hydrogen-bond donors (Lipinski definition) is 1. The quantitative estimate of drug-likeness (QED) is 0.899. The Kier molecular flexibility index (Phi) is 2.66. The molecule has 0 amide bonds. The first-order valence-electron chi connectivity index (χ1n) is 6.08. The number of carbonyl (C=O) groups is 1. The molecule has 2 heterocycles. The first-order valence-corrected chi connectivity index (χ1v) is 6.08. The van der Waals surface area contributed by atoms with Crippen LogP contribution in [0.4, 0.5) is 6.01 Å². The number of rotatable bonds is 3. The van der Waals surface area contributed by atoms with Crippen LogP contribution < -0.4 is 4.90 Å². The van der Waals surface area contributed by atoms with Gasteiger partial charge in [-0.05, 0) is 25.0 Å². The minimum atomic E-state index is -0.775. The van der Waals surface area contributed by atoms with E-state index in [1.165, 1.54) is 0 Å². The van der Waals surface area contributed by atoms with Crippen LogP contribution >= 0.6 is 0 Å².